The molecule has 4 aromatic carbocycles. The Morgan fingerprint density at radius 2 is 0.944 bits per heavy atom. The summed E-state index contributed by atoms with van der Waals surface area (Å²) in [6, 6.07) is 7.44. The van der Waals surface area contributed by atoms with Crippen molar-refractivity contribution in [1.82, 2.24) is 0 Å². The van der Waals surface area contributed by atoms with Crippen LogP contribution in [0, 0.1) is 94.4 Å². The van der Waals surface area contributed by atoms with Crippen LogP contribution in [-0.2, 0) is 11.8 Å². The largest absolute Gasteiger partial charge is 0.0928 e. The number of alkyl halides is 1. The molecule has 9 rings (SSSR count). The van der Waals surface area contributed by atoms with Crippen molar-refractivity contribution in [2.75, 3.05) is 5.33 Å². The van der Waals surface area contributed by atoms with Gasteiger partial charge in [-0.1, -0.05) is 111 Å². The Bertz CT molecular complexity index is 3000. The van der Waals surface area contributed by atoms with E-state index in [4.69, 9.17) is 0 Å². The number of rotatable bonds is 5. The molecule has 71 heavy (non-hydrogen) atoms. The molecule has 0 saturated carbocycles. The van der Waals surface area contributed by atoms with Crippen LogP contribution in [0.25, 0.3) is 16.7 Å². The Balaban J connectivity index is 0.000000185. The predicted octanol–water partition coefficient (Wildman–Crippen LogP) is 20.8. The van der Waals surface area contributed by atoms with Gasteiger partial charge in [0, 0.05) is 23.1 Å². The van der Waals surface area contributed by atoms with E-state index >= 15 is 0 Å². The van der Waals surface area contributed by atoms with Crippen LogP contribution in [0.15, 0.2) is 58.7 Å². The van der Waals surface area contributed by atoms with Gasteiger partial charge in [-0.05, 0) is 312 Å². The van der Waals surface area contributed by atoms with E-state index < -0.39 is 0 Å². The van der Waals surface area contributed by atoms with Crippen LogP contribution in [0.2, 0.25) is 0 Å². The lowest BCUT2D eigenvalue weighted by Gasteiger charge is -2.31. The van der Waals surface area contributed by atoms with Crippen molar-refractivity contribution in [3.63, 3.8) is 0 Å². The summed E-state index contributed by atoms with van der Waals surface area (Å²) in [5.41, 5.74) is 43.1. The van der Waals surface area contributed by atoms with Crippen LogP contribution in [0.3, 0.4) is 0 Å². The zero-order valence-corrected chi connectivity index (χ0v) is 50.9. The van der Waals surface area contributed by atoms with Crippen LogP contribution < -0.4 is 0 Å². The first kappa shape index (κ1) is 54.8. The maximum atomic E-state index is 3.61. The smallest absolute Gasteiger partial charge is 0.00929 e. The summed E-state index contributed by atoms with van der Waals surface area (Å²) in [4.78, 5) is 0. The predicted molar refractivity (Wildman–Crippen MR) is 319 cm³/mol. The molecule has 0 spiro atoms. The summed E-state index contributed by atoms with van der Waals surface area (Å²) < 4.78 is 0. The lowest BCUT2D eigenvalue weighted by molar-refractivity contribution is 0.438. The highest BCUT2D eigenvalue weighted by molar-refractivity contribution is 9.09. The summed E-state index contributed by atoms with van der Waals surface area (Å²) in [7, 11) is 0. The Labute approximate surface area is 443 Å². The van der Waals surface area contributed by atoms with E-state index in [2.05, 4.69) is 219 Å². The molecule has 0 fully saturated rings. The second kappa shape index (κ2) is 20.1. The van der Waals surface area contributed by atoms with Gasteiger partial charge in [0.25, 0.3) is 0 Å². The monoisotopic (exact) mass is 1010 g/mol. The molecule has 0 bridgehead atoms. The minimum absolute atomic E-state index is 0.167. The second-order valence-electron chi connectivity index (χ2n) is 25.3. The fourth-order valence-electron chi connectivity index (χ4n) is 13.9. The van der Waals surface area contributed by atoms with Gasteiger partial charge in [-0.25, -0.2) is 0 Å². The molecular formula is C70H93Br. The minimum Gasteiger partial charge on any atom is -0.0928 e. The number of halogens is 1. The van der Waals surface area contributed by atoms with Gasteiger partial charge in [0.1, 0.15) is 0 Å². The Morgan fingerprint density at radius 1 is 0.479 bits per heavy atom. The molecule has 5 atom stereocenters. The van der Waals surface area contributed by atoms with Crippen LogP contribution >= 0.6 is 15.9 Å². The van der Waals surface area contributed by atoms with Crippen molar-refractivity contribution in [2.24, 2.45) is 11.3 Å². The molecule has 0 saturated heterocycles. The van der Waals surface area contributed by atoms with Crippen molar-refractivity contribution in [3.05, 3.63) is 176 Å². The molecule has 0 radical (unpaired) electrons. The molecule has 380 valence electrons. The summed E-state index contributed by atoms with van der Waals surface area (Å²) in [5.74, 6) is 2.81. The van der Waals surface area contributed by atoms with Crippen molar-refractivity contribution < 1.29 is 0 Å². The molecular weight excluding hydrogens is 921 g/mol. The third-order valence-electron chi connectivity index (χ3n) is 19.9. The van der Waals surface area contributed by atoms with Gasteiger partial charge < -0.3 is 0 Å². The molecule has 1 heteroatoms. The van der Waals surface area contributed by atoms with Gasteiger partial charge in [0.15, 0.2) is 0 Å². The Morgan fingerprint density at radius 3 is 1.42 bits per heavy atom. The van der Waals surface area contributed by atoms with E-state index in [9.17, 15) is 0 Å². The average Bonchev–Trinajstić information content (AvgIpc) is 3.97. The van der Waals surface area contributed by atoms with E-state index in [-0.39, 0.29) is 10.8 Å². The third-order valence-corrected chi connectivity index (χ3v) is 20.4. The quantitative estimate of drug-likeness (QED) is 0.175. The lowest BCUT2D eigenvalue weighted by atomic mass is 9.73. The van der Waals surface area contributed by atoms with Crippen molar-refractivity contribution in [3.8, 4) is 0 Å². The van der Waals surface area contributed by atoms with Crippen LogP contribution in [-0.4, -0.2) is 5.33 Å². The second-order valence-corrected chi connectivity index (χ2v) is 26.1. The topological polar surface area (TPSA) is 0 Å². The van der Waals surface area contributed by atoms with Gasteiger partial charge in [-0.3, -0.25) is 0 Å². The van der Waals surface area contributed by atoms with E-state index in [1.165, 1.54) is 119 Å². The number of hydrogen-bond donors (Lipinski definition) is 0. The lowest BCUT2D eigenvalue weighted by Crippen LogP contribution is -2.18. The van der Waals surface area contributed by atoms with Crippen molar-refractivity contribution >= 4 is 32.6 Å². The summed E-state index contributed by atoms with van der Waals surface area (Å²) in [6.07, 6.45) is 12.4. The van der Waals surface area contributed by atoms with Crippen molar-refractivity contribution in [2.45, 2.75) is 221 Å². The molecule has 5 aliphatic carbocycles. The summed E-state index contributed by atoms with van der Waals surface area (Å²) in [5, 5.41) is 1.08. The molecule has 0 amide bonds. The number of hydrogen-bond acceptors (Lipinski definition) is 0. The Kier molecular flexibility index (Phi) is 15.5. The highest BCUT2D eigenvalue weighted by Crippen LogP contribution is 2.56. The maximum absolute atomic E-state index is 3.61. The normalized spacial score (nSPS) is 20.9. The Hall–Kier alpha value is -3.94. The SMILES string of the molecule is CC1=C(C)C(CCBr)c2c(C)c(C)c(C)c(C)c21.CC1=C(C)C(CCC2c3cc(C(C)(C)C)ccc3C3C=CC(C(C)(C)C)=CC32)c2c(C)c(C)c(C)c(C)c21.CC1=C(C)c2c(C)c(C)c(C)c(C)c2C1. The van der Waals surface area contributed by atoms with E-state index in [0.717, 1.165) is 11.8 Å². The molecule has 0 heterocycles. The molecule has 5 unspecified atom stereocenters. The fourth-order valence-corrected chi connectivity index (χ4v) is 14.3. The molecule has 0 aliphatic heterocycles. The zero-order chi connectivity index (χ0) is 52.8. The standard InChI is InChI=1S/C38H50.C17H23Br.C15H20/c1-21-22(2)25(5)36-29(23(3)26(6)35(36)24(21)4)17-18-32-33-19-27(37(7,8)9)13-15-30(33)31-16-14-28(20-34(31)32)38(10,11)12;1-9-10(2)13(5)17-15(7-8-18)11(3)14(6)16(17)12(9)4;1-8-7-14-12(5)10(3)11(4)13(6)15(14)9(8)2/h13-16,19-20,29-30,32-33H,17-18H2,1-12H3;15H,7-8H2,1-6H3;7H2,1-6H3. The molecule has 0 N–H and O–H groups in total. The van der Waals surface area contributed by atoms with Crippen LogP contribution in [0.5, 0.6) is 0 Å². The van der Waals surface area contributed by atoms with Gasteiger partial charge in [0.05, 0.1) is 0 Å². The van der Waals surface area contributed by atoms with Gasteiger partial charge in [0.2, 0.25) is 0 Å². The highest BCUT2D eigenvalue weighted by atomic mass is 79.9. The fraction of sp³-hybridized carbons (Fsp3) is 0.514. The molecule has 4 aromatic rings. The van der Waals surface area contributed by atoms with Crippen LogP contribution in [0.4, 0.5) is 0 Å². The first-order valence-corrected chi connectivity index (χ1v) is 28.5. The number of allylic oxidation sites excluding steroid dienone is 10. The summed E-state index contributed by atoms with van der Waals surface area (Å²) in [6.45, 7) is 55.6. The maximum Gasteiger partial charge on any atom is 0.00929 e. The third kappa shape index (κ3) is 9.37. The first-order chi connectivity index (χ1) is 33.0. The number of benzene rings is 4. The van der Waals surface area contributed by atoms with E-state index in [1.54, 1.807) is 55.7 Å². The van der Waals surface area contributed by atoms with Gasteiger partial charge in [-0.2, -0.15) is 0 Å². The zero-order valence-electron chi connectivity index (χ0n) is 49.3. The first-order valence-electron chi connectivity index (χ1n) is 27.4. The highest BCUT2D eigenvalue weighted by Gasteiger charge is 2.42. The van der Waals surface area contributed by atoms with Gasteiger partial charge in [-0.15, -0.1) is 0 Å². The molecule has 0 nitrogen and oxygen atoms in total. The molecule has 0 aromatic heterocycles. The summed E-state index contributed by atoms with van der Waals surface area (Å²) >= 11 is 3.61. The molecule has 5 aliphatic rings. The minimum atomic E-state index is 0.167. The number of fused-ring (bicyclic) bond motifs is 6. The van der Waals surface area contributed by atoms with Crippen molar-refractivity contribution in [1.29, 1.82) is 0 Å². The average molecular weight is 1010 g/mol. The van der Waals surface area contributed by atoms with E-state index in [1.807, 2.05) is 0 Å². The van der Waals surface area contributed by atoms with E-state index in [0.29, 0.717) is 29.6 Å². The van der Waals surface area contributed by atoms with Gasteiger partial charge >= 0.3 is 0 Å². The van der Waals surface area contributed by atoms with Crippen LogP contribution in [0.1, 0.15) is 243 Å².